The number of aryl methyl sites for hydroxylation is 1. The molecule has 0 aliphatic carbocycles. The van der Waals surface area contributed by atoms with E-state index in [4.69, 9.17) is 9.47 Å². The van der Waals surface area contributed by atoms with Gasteiger partial charge in [-0.25, -0.2) is 0 Å². The number of nitrogens with one attached hydrogen (secondary N) is 1. The molecule has 0 saturated heterocycles. The van der Waals surface area contributed by atoms with E-state index in [0.29, 0.717) is 22.8 Å². The van der Waals surface area contributed by atoms with E-state index in [0.717, 1.165) is 12.1 Å². The lowest BCUT2D eigenvalue weighted by molar-refractivity contribution is -0.263. The molecule has 0 aliphatic heterocycles. The Kier molecular flexibility index (Phi) is 6.45. The van der Waals surface area contributed by atoms with Crippen LogP contribution in [-0.2, 0) is 12.6 Å². The minimum absolute atomic E-state index is 0.00228. The number of hydrogen-bond acceptors (Lipinski definition) is 5. The van der Waals surface area contributed by atoms with Crippen molar-refractivity contribution in [3.05, 3.63) is 65.9 Å². The first-order valence-corrected chi connectivity index (χ1v) is 9.50. The smallest absolute Gasteiger partial charge is 0.423 e. The Hall–Kier alpha value is -3.53. The zero-order valence-electron chi connectivity index (χ0n) is 17.6. The van der Waals surface area contributed by atoms with E-state index in [1.54, 1.807) is 18.2 Å². The van der Waals surface area contributed by atoms with Gasteiger partial charge in [-0.05, 0) is 29.8 Å². The van der Waals surface area contributed by atoms with Crippen molar-refractivity contribution in [3.63, 3.8) is 0 Å². The summed E-state index contributed by atoms with van der Waals surface area (Å²) in [6, 6.07) is 13.0. The molecule has 0 saturated carbocycles. The Morgan fingerprint density at radius 3 is 2.38 bits per heavy atom. The van der Waals surface area contributed by atoms with Gasteiger partial charge in [0.05, 0.1) is 26.5 Å². The molecule has 1 heterocycles. The molecule has 3 aromatic rings. The van der Waals surface area contributed by atoms with Gasteiger partial charge in [-0.1, -0.05) is 30.3 Å². The van der Waals surface area contributed by atoms with E-state index in [1.165, 1.54) is 50.2 Å². The number of aliphatic hydroxyl groups is 1. The molecule has 2 N–H and O–H groups in total. The average Bonchev–Trinajstić information content (AvgIpc) is 3.18. The van der Waals surface area contributed by atoms with Crippen LogP contribution in [0.5, 0.6) is 11.5 Å². The third kappa shape index (κ3) is 4.40. The topological polar surface area (TPSA) is 85.6 Å². The van der Waals surface area contributed by atoms with Gasteiger partial charge in [-0.15, -0.1) is 0 Å². The molecular formula is C22H22F3N3O4. The van der Waals surface area contributed by atoms with Gasteiger partial charge in [-0.2, -0.15) is 18.3 Å². The molecule has 0 bridgehead atoms. The molecule has 0 radical (unpaired) electrons. The zero-order chi connectivity index (χ0) is 23.5. The van der Waals surface area contributed by atoms with Crippen molar-refractivity contribution in [2.24, 2.45) is 7.05 Å². The number of carbonyl (C=O) groups excluding carboxylic acids is 1. The largest absolute Gasteiger partial charge is 0.497 e. The van der Waals surface area contributed by atoms with Gasteiger partial charge in [0.1, 0.15) is 17.2 Å². The average molecular weight is 449 g/mol. The van der Waals surface area contributed by atoms with Gasteiger partial charge in [0.15, 0.2) is 0 Å². The van der Waals surface area contributed by atoms with Crippen LogP contribution in [0, 0.1) is 0 Å². The lowest BCUT2D eigenvalue weighted by atomic mass is 9.93. The van der Waals surface area contributed by atoms with Crippen molar-refractivity contribution in [1.29, 1.82) is 0 Å². The van der Waals surface area contributed by atoms with Crippen LogP contribution in [0.25, 0.3) is 11.3 Å². The Labute approximate surface area is 182 Å². The van der Waals surface area contributed by atoms with Crippen LogP contribution in [0.2, 0.25) is 0 Å². The van der Waals surface area contributed by atoms with E-state index in [2.05, 4.69) is 10.4 Å². The van der Waals surface area contributed by atoms with Gasteiger partial charge in [-0.3, -0.25) is 9.48 Å². The number of alkyl halides is 3. The molecule has 0 unspecified atom stereocenters. The molecule has 32 heavy (non-hydrogen) atoms. The van der Waals surface area contributed by atoms with E-state index in [-0.39, 0.29) is 11.3 Å². The molecule has 0 aliphatic rings. The van der Waals surface area contributed by atoms with Crippen molar-refractivity contribution in [2.75, 3.05) is 20.8 Å². The summed E-state index contributed by atoms with van der Waals surface area (Å²) in [6.07, 6.45) is -5.01. The van der Waals surface area contributed by atoms with E-state index in [9.17, 15) is 23.1 Å². The summed E-state index contributed by atoms with van der Waals surface area (Å²) in [5.41, 5.74) is -2.72. The molecule has 1 amide bonds. The normalized spacial score (nSPS) is 13.3. The molecule has 0 spiro atoms. The number of amides is 1. The number of aromatic nitrogens is 2. The van der Waals surface area contributed by atoms with Gasteiger partial charge >= 0.3 is 6.18 Å². The van der Waals surface area contributed by atoms with Crippen molar-refractivity contribution in [3.8, 4) is 22.8 Å². The standard InChI is InChI=1S/C22H22F3N3O4/c1-28-18(12-17(27-28)16-11-15(31-2)9-10-19(16)32-3)20(29)26-13-21(30,22(23,24)25)14-7-5-4-6-8-14/h4-12,30H,13H2,1-3H3,(H,26,29)/t21-/m0/s1. The van der Waals surface area contributed by atoms with Gasteiger partial charge in [0.25, 0.3) is 5.91 Å². The van der Waals surface area contributed by atoms with Crippen molar-refractivity contribution >= 4 is 5.91 Å². The van der Waals surface area contributed by atoms with Crippen LogP contribution >= 0.6 is 0 Å². The molecule has 2 aromatic carbocycles. The summed E-state index contributed by atoms with van der Waals surface area (Å²) in [5, 5.41) is 16.8. The first-order valence-electron chi connectivity index (χ1n) is 9.50. The quantitative estimate of drug-likeness (QED) is 0.578. The molecule has 10 heteroatoms. The minimum atomic E-state index is -5.01. The van der Waals surface area contributed by atoms with Crippen molar-refractivity contribution < 1.29 is 32.5 Å². The number of benzene rings is 2. The highest BCUT2D eigenvalue weighted by atomic mass is 19.4. The maximum atomic E-state index is 13.7. The maximum absolute atomic E-state index is 13.7. The highest BCUT2D eigenvalue weighted by Gasteiger charge is 2.55. The fourth-order valence-electron chi connectivity index (χ4n) is 3.20. The van der Waals surface area contributed by atoms with Crippen molar-refractivity contribution in [2.45, 2.75) is 11.8 Å². The molecule has 1 aromatic heterocycles. The number of rotatable bonds is 7. The summed E-state index contributed by atoms with van der Waals surface area (Å²) < 4.78 is 52.7. The van der Waals surface area contributed by atoms with Crippen LogP contribution < -0.4 is 14.8 Å². The van der Waals surface area contributed by atoms with Crippen LogP contribution in [-0.4, -0.2) is 47.7 Å². The van der Waals surface area contributed by atoms with Gasteiger partial charge in [0.2, 0.25) is 5.60 Å². The van der Waals surface area contributed by atoms with Crippen LogP contribution in [0.4, 0.5) is 13.2 Å². The predicted molar refractivity (Wildman–Crippen MR) is 110 cm³/mol. The highest BCUT2D eigenvalue weighted by Crippen LogP contribution is 2.38. The second kappa shape index (κ2) is 8.91. The molecule has 170 valence electrons. The second-order valence-corrected chi connectivity index (χ2v) is 7.01. The van der Waals surface area contributed by atoms with Crippen LogP contribution in [0.15, 0.2) is 54.6 Å². The lowest BCUT2D eigenvalue weighted by Crippen LogP contribution is -2.51. The van der Waals surface area contributed by atoms with E-state index in [1.807, 2.05) is 0 Å². The Morgan fingerprint density at radius 2 is 1.78 bits per heavy atom. The summed E-state index contributed by atoms with van der Waals surface area (Å²) in [6.45, 7) is -1.07. The highest BCUT2D eigenvalue weighted by molar-refractivity contribution is 5.94. The van der Waals surface area contributed by atoms with Gasteiger partial charge < -0.3 is 19.9 Å². The molecule has 7 nitrogen and oxygen atoms in total. The summed E-state index contributed by atoms with van der Waals surface area (Å²) in [5.74, 6) is 0.189. The predicted octanol–water partition coefficient (Wildman–Crippen LogP) is 3.28. The second-order valence-electron chi connectivity index (χ2n) is 7.01. The van der Waals surface area contributed by atoms with E-state index < -0.39 is 24.2 Å². The number of methoxy groups -OCH3 is 2. The fraction of sp³-hybridized carbons (Fsp3) is 0.273. The van der Waals surface area contributed by atoms with Crippen molar-refractivity contribution in [1.82, 2.24) is 15.1 Å². The SMILES string of the molecule is COc1ccc(OC)c(-c2cc(C(=O)NC[C@](O)(c3ccccc3)C(F)(F)F)n(C)n2)c1. The molecule has 1 atom stereocenters. The molecule has 0 fully saturated rings. The minimum Gasteiger partial charge on any atom is -0.497 e. The van der Waals surface area contributed by atoms with E-state index >= 15 is 0 Å². The third-order valence-corrected chi connectivity index (χ3v) is 5.02. The monoisotopic (exact) mass is 449 g/mol. The Bertz CT molecular complexity index is 1100. The first-order chi connectivity index (χ1) is 15.1. The summed E-state index contributed by atoms with van der Waals surface area (Å²) in [4.78, 5) is 12.7. The number of halogens is 3. The number of nitrogens with zero attached hydrogens (tertiary/aromatic N) is 2. The Balaban J connectivity index is 1.88. The summed E-state index contributed by atoms with van der Waals surface area (Å²) in [7, 11) is 4.46. The summed E-state index contributed by atoms with van der Waals surface area (Å²) >= 11 is 0. The fourth-order valence-corrected chi connectivity index (χ4v) is 3.20. The van der Waals surface area contributed by atoms with Crippen LogP contribution in [0.1, 0.15) is 16.1 Å². The number of hydrogen-bond donors (Lipinski definition) is 2. The number of ether oxygens (including phenoxy) is 2. The molecule has 3 rings (SSSR count). The first kappa shape index (κ1) is 23.1. The Morgan fingerprint density at radius 1 is 1.09 bits per heavy atom. The molecular weight excluding hydrogens is 427 g/mol. The maximum Gasteiger partial charge on any atom is 0.423 e. The third-order valence-electron chi connectivity index (χ3n) is 5.02. The van der Waals surface area contributed by atoms with Gasteiger partial charge in [0, 0.05) is 12.6 Å². The zero-order valence-corrected chi connectivity index (χ0v) is 17.6. The number of carbonyl (C=O) groups is 1. The van der Waals surface area contributed by atoms with Crippen LogP contribution in [0.3, 0.4) is 0 Å². The lowest BCUT2D eigenvalue weighted by Gasteiger charge is -2.31.